The second-order valence-electron chi connectivity index (χ2n) is 14.5. The van der Waals surface area contributed by atoms with Crippen LogP contribution in [0.5, 0.6) is 0 Å². The van der Waals surface area contributed by atoms with E-state index in [9.17, 15) is 9.59 Å². The number of allylic oxidation sites excluding steroid dienone is 2. The highest BCUT2D eigenvalue weighted by molar-refractivity contribution is 6.03. The van der Waals surface area contributed by atoms with E-state index in [2.05, 4.69) is 26.0 Å². The number of benzene rings is 3. The summed E-state index contributed by atoms with van der Waals surface area (Å²) in [6.45, 7) is 9.52. The summed E-state index contributed by atoms with van der Waals surface area (Å²) in [5.74, 6) is -1.64. The van der Waals surface area contributed by atoms with Crippen molar-refractivity contribution in [2.75, 3.05) is 6.54 Å². The summed E-state index contributed by atoms with van der Waals surface area (Å²) in [6, 6.07) is 26.3. The molecule has 0 bridgehead atoms. The molecule has 0 fully saturated rings. The Morgan fingerprint density at radius 1 is 0.827 bits per heavy atom. The Morgan fingerprint density at radius 2 is 1.38 bits per heavy atom. The predicted molar refractivity (Wildman–Crippen MR) is 207 cm³/mol. The van der Waals surface area contributed by atoms with Crippen LogP contribution in [0, 0.1) is 0 Å². The van der Waals surface area contributed by atoms with Gasteiger partial charge >= 0.3 is 12.1 Å². The topological polar surface area (TPSA) is 119 Å². The standard InChI is InChI=1S/C43H47N5O4/c1-6-41(25-16-27-45-41)43(32-20-12-9-13-21-32,42(7-2)26-17-28-46-42)36(34-30-48(38(44)50)35-23-15-14-22-33(34)35)37(49)47(39(51)52-40(3,4)5)29-24-31-18-10-8-11-19-31/h8-23,25-28,30,36H,6-7,24,29H2,1-5H3,(H2,44,50). The molecule has 3 atom stereocenters. The number of aliphatic imine (C=N–C) groups is 2. The average Bonchev–Trinajstić information content (AvgIpc) is 3.91. The van der Waals surface area contributed by atoms with Crippen LogP contribution in [-0.4, -0.2) is 63.2 Å². The fourth-order valence-electron chi connectivity index (χ4n) is 8.35. The van der Waals surface area contributed by atoms with Crippen LogP contribution in [0.1, 0.15) is 70.1 Å². The van der Waals surface area contributed by atoms with Gasteiger partial charge in [0.15, 0.2) is 0 Å². The molecule has 2 aliphatic rings. The zero-order chi connectivity index (χ0) is 37.1. The molecule has 3 aromatic carbocycles. The van der Waals surface area contributed by atoms with E-state index in [4.69, 9.17) is 20.5 Å². The van der Waals surface area contributed by atoms with E-state index in [0.29, 0.717) is 35.7 Å². The van der Waals surface area contributed by atoms with Crippen molar-refractivity contribution < 1.29 is 19.1 Å². The van der Waals surface area contributed by atoms with Crippen molar-refractivity contribution in [1.29, 1.82) is 0 Å². The molecule has 0 radical (unpaired) electrons. The Hall–Kier alpha value is -5.57. The summed E-state index contributed by atoms with van der Waals surface area (Å²) >= 11 is 0. The van der Waals surface area contributed by atoms with Crippen molar-refractivity contribution >= 4 is 41.4 Å². The molecule has 2 N–H and O–H groups in total. The first kappa shape index (κ1) is 36.2. The van der Waals surface area contributed by atoms with Gasteiger partial charge < -0.3 is 10.5 Å². The Bertz CT molecular complexity index is 2010. The molecule has 0 spiro atoms. The van der Waals surface area contributed by atoms with Gasteiger partial charge in [0.25, 0.3) is 0 Å². The van der Waals surface area contributed by atoms with Crippen LogP contribution >= 0.6 is 0 Å². The van der Waals surface area contributed by atoms with Crippen LogP contribution in [0.25, 0.3) is 10.9 Å². The highest BCUT2D eigenvalue weighted by Crippen LogP contribution is 2.62. The number of ether oxygens (including phenoxy) is 1. The number of primary amides is 1. The van der Waals surface area contributed by atoms with Crippen LogP contribution < -0.4 is 5.73 Å². The molecule has 1 aromatic heterocycles. The van der Waals surface area contributed by atoms with Gasteiger partial charge in [-0.05, 0) is 74.9 Å². The van der Waals surface area contributed by atoms with Gasteiger partial charge in [0.1, 0.15) is 5.60 Å². The third-order valence-electron chi connectivity index (χ3n) is 10.5. The average molecular weight is 698 g/mol. The number of hydrogen-bond donors (Lipinski definition) is 1. The number of amides is 3. The number of carbonyl (C=O) groups excluding carboxylic acids is 3. The molecule has 268 valence electrons. The first-order chi connectivity index (χ1) is 24.9. The summed E-state index contributed by atoms with van der Waals surface area (Å²) in [7, 11) is 0. The number of aromatic nitrogens is 1. The number of imide groups is 1. The smallest absolute Gasteiger partial charge is 0.417 e. The molecule has 9 nitrogen and oxygen atoms in total. The predicted octanol–water partition coefficient (Wildman–Crippen LogP) is 8.17. The highest BCUT2D eigenvalue weighted by atomic mass is 16.6. The summed E-state index contributed by atoms with van der Waals surface area (Å²) in [4.78, 5) is 55.5. The van der Waals surface area contributed by atoms with E-state index >= 15 is 4.79 Å². The molecule has 0 saturated carbocycles. The SMILES string of the molecule is CCC1(C(c2ccccc2)(C(C(=O)N(CCc2ccccc2)C(=O)OC(C)(C)C)c2cn(C(N)=O)c3ccccc23)C2(CC)C=CC=N2)C=CC=N1. The van der Waals surface area contributed by atoms with E-state index in [0.717, 1.165) is 11.1 Å². The van der Waals surface area contributed by atoms with Crippen molar-refractivity contribution in [3.05, 3.63) is 132 Å². The minimum atomic E-state index is -1.30. The number of fused-ring (bicyclic) bond motifs is 1. The molecule has 9 heteroatoms. The summed E-state index contributed by atoms with van der Waals surface area (Å²) in [5, 5.41) is 0.654. The lowest BCUT2D eigenvalue weighted by molar-refractivity contribution is -0.135. The van der Waals surface area contributed by atoms with Crippen LogP contribution in [0.2, 0.25) is 0 Å². The lowest BCUT2D eigenvalue weighted by Gasteiger charge is -2.58. The molecule has 0 saturated heterocycles. The molecule has 2 aliphatic heterocycles. The molecule has 3 heterocycles. The maximum absolute atomic E-state index is 16.2. The van der Waals surface area contributed by atoms with Crippen molar-refractivity contribution in [1.82, 2.24) is 9.47 Å². The van der Waals surface area contributed by atoms with Gasteiger partial charge in [0.05, 0.1) is 27.9 Å². The van der Waals surface area contributed by atoms with Gasteiger partial charge in [-0.15, -0.1) is 0 Å². The zero-order valence-electron chi connectivity index (χ0n) is 30.5. The number of carbonyl (C=O) groups is 3. The molecule has 0 aliphatic carbocycles. The number of para-hydroxylation sites is 1. The van der Waals surface area contributed by atoms with Gasteiger partial charge in [-0.1, -0.05) is 105 Å². The third kappa shape index (κ3) is 6.08. The molecule has 52 heavy (non-hydrogen) atoms. The maximum Gasteiger partial charge on any atom is 0.417 e. The molecular weight excluding hydrogens is 651 g/mol. The molecule has 3 amide bonds. The summed E-state index contributed by atoms with van der Waals surface area (Å²) in [5.41, 5.74) is 4.61. The fourth-order valence-corrected chi connectivity index (χ4v) is 8.35. The molecule has 4 aromatic rings. The molecular formula is C43H47N5O4. The fraction of sp³-hybridized carbons (Fsp3) is 0.326. The van der Waals surface area contributed by atoms with Crippen LogP contribution in [0.3, 0.4) is 0 Å². The number of nitrogens with two attached hydrogens (primary N) is 1. The highest BCUT2D eigenvalue weighted by Gasteiger charge is 2.68. The van der Waals surface area contributed by atoms with E-state index in [1.807, 2.05) is 97.1 Å². The second kappa shape index (κ2) is 14.2. The van der Waals surface area contributed by atoms with Crippen LogP contribution in [-0.2, 0) is 21.4 Å². The zero-order valence-corrected chi connectivity index (χ0v) is 30.5. The first-order valence-electron chi connectivity index (χ1n) is 17.9. The summed E-state index contributed by atoms with van der Waals surface area (Å²) in [6.07, 6.45) is 13.8. The van der Waals surface area contributed by atoms with Gasteiger partial charge in [0.2, 0.25) is 5.91 Å². The minimum absolute atomic E-state index is 0.0457. The van der Waals surface area contributed by atoms with Crippen molar-refractivity contribution in [2.45, 2.75) is 81.9 Å². The summed E-state index contributed by atoms with van der Waals surface area (Å²) < 4.78 is 7.37. The van der Waals surface area contributed by atoms with Crippen LogP contribution in [0.4, 0.5) is 9.59 Å². The normalized spacial score (nSPS) is 20.9. The Kier molecular flexibility index (Phi) is 9.90. The van der Waals surface area contributed by atoms with Gasteiger partial charge in [0, 0.05) is 30.6 Å². The van der Waals surface area contributed by atoms with Gasteiger partial charge in [-0.2, -0.15) is 0 Å². The van der Waals surface area contributed by atoms with Crippen LogP contribution in [0.15, 0.2) is 125 Å². The minimum Gasteiger partial charge on any atom is -0.443 e. The maximum atomic E-state index is 16.2. The second-order valence-corrected chi connectivity index (χ2v) is 14.5. The third-order valence-corrected chi connectivity index (χ3v) is 10.5. The van der Waals surface area contributed by atoms with E-state index in [1.165, 1.54) is 9.47 Å². The number of nitrogens with zero attached hydrogens (tertiary/aromatic N) is 4. The van der Waals surface area contributed by atoms with Crippen molar-refractivity contribution in [3.63, 3.8) is 0 Å². The lowest BCUT2D eigenvalue weighted by Crippen LogP contribution is -2.67. The molecule has 3 unspecified atom stereocenters. The monoisotopic (exact) mass is 697 g/mol. The molecule has 6 rings (SSSR count). The Labute approximate surface area is 305 Å². The van der Waals surface area contributed by atoms with E-state index in [1.54, 1.807) is 39.4 Å². The quantitative estimate of drug-likeness (QED) is 0.170. The largest absolute Gasteiger partial charge is 0.443 e. The van der Waals surface area contributed by atoms with Gasteiger partial charge in [-0.3, -0.25) is 19.3 Å². The Balaban J connectivity index is 1.75. The van der Waals surface area contributed by atoms with E-state index in [-0.39, 0.29) is 6.54 Å². The number of rotatable bonds is 11. The van der Waals surface area contributed by atoms with Crippen molar-refractivity contribution in [3.8, 4) is 0 Å². The van der Waals surface area contributed by atoms with Gasteiger partial charge in [-0.25, -0.2) is 14.5 Å². The Morgan fingerprint density at radius 3 is 1.90 bits per heavy atom. The van der Waals surface area contributed by atoms with Crippen molar-refractivity contribution in [2.24, 2.45) is 15.7 Å². The van der Waals surface area contributed by atoms with E-state index < -0.39 is 46.0 Å². The first-order valence-corrected chi connectivity index (χ1v) is 17.9. The lowest BCUT2D eigenvalue weighted by atomic mass is 9.47. The number of hydrogen-bond acceptors (Lipinski definition) is 6.